The Hall–Kier alpha value is -1.84. The Morgan fingerprint density at radius 2 is 1.79 bits per heavy atom. The third kappa shape index (κ3) is 1.90. The molecule has 0 atom stereocenters. The average Bonchev–Trinajstić information content (AvgIpc) is 2.72. The van der Waals surface area contributed by atoms with Crippen LogP contribution in [0, 0.1) is 0 Å². The quantitative estimate of drug-likeness (QED) is 0.731. The number of hydrogen-bond donors (Lipinski definition) is 0. The standard InChI is InChI=1S/C10H11N3O/c1-14-10-4-2-9(3-5-10)6-13-7-11-12-8-13/h2-5,7-8H,6H2,1H3. The number of nitrogens with zero attached hydrogens (tertiary/aromatic N) is 3. The number of methoxy groups -OCH3 is 1. The van der Waals surface area contributed by atoms with E-state index in [-0.39, 0.29) is 0 Å². The zero-order valence-corrected chi connectivity index (χ0v) is 7.92. The van der Waals surface area contributed by atoms with Crippen LogP contribution < -0.4 is 4.74 Å². The van der Waals surface area contributed by atoms with Gasteiger partial charge in [0.1, 0.15) is 18.4 Å². The maximum atomic E-state index is 5.07. The van der Waals surface area contributed by atoms with Gasteiger partial charge in [0.05, 0.1) is 7.11 Å². The molecule has 0 unspecified atom stereocenters. The molecule has 1 aromatic heterocycles. The van der Waals surface area contributed by atoms with Crippen LogP contribution in [0.5, 0.6) is 5.75 Å². The van der Waals surface area contributed by atoms with Crippen LogP contribution in [0.3, 0.4) is 0 Å². The molecule has 0 aliphatic heterocycles. The topological polar surface area (TPSA) is 39.9 Å². The summed E-state index contributed by atoms with van der Waals surface area (Å²) in [6.45, 7) is 0.789. The fourth-order valence-corrected chi connectivity index (χ4v) is 1.25. The molecule has 0 saturated carbocycles. The zero-order chi connectivity index (χ0) is 9.80. The third-order valence-electron chi connectivity index (χ3n) is 1.99. The molecular formula is C10H11N3O. The maximum Gasteiger partial charge on any atom is 0.119 e. The van der Waals surface area contributed by atoms with E-state index in [1.54, 1.807) is 19.8 Å². The van der Waals surface area contributed by atoms with Crippen LogP contribution >= 0.6 is 0 Å². The van der Waals surface area contributed by atoms with E-state index in [1.165, 1.54) is 5.56 Å². The van der Waals surface area contributed by atoms with Gasteiger partial charge in [-0.25, -0.2) is 0 Å². The first kappa shape index (κ1) is 8.74. The fourth-order valence-electron chi connectivity index (χ4n) is 1.25. The Morgan fingerprint density at radius 1 is 1.14 bits per heavy atom. The molecule has 0 aliphatic rings. The van der Waals surface area contributed by atoms with Crippen molar-refractivity contribution in [1.82, 2.24) is 14.8 Å². The van der Waals surface area contributed by atoms with E-state index in [0.29, 0.717) is 0 Å². The Labute approximate surface area is 82.2 Å². The zero-order valence-electron chi connectivity index (χ0n) is 7.92. The first-order chi connectivity index (χ1) is 6.88. The molecule has 2 rings (SSSR count). The minimum atomic E-state index is 0.789. The van der Waals surface area contributed by atoms with E-state index >= 15 is 0 Å². The monoisotopic (exact) mass is 189 g/mol. The Morgan fingerprint density at radius 3 is 2.36 bits per heavy atom. The SMILES string of the molecule is COc1ccc(Cn2cnnc2)cc1. The predicted molar refractivity (Wildman–Crippen MR) is 52.1 cm³/mol. The van der Waals surface area contributed by atoms with Crippen molar-refractivity contribution in [2.75, 3.05) is 7.11 Å². The highest BCUT2D eigenvalue weighted by atomic mass is 16.5. The summed E-state index contributed by atoms with van der Waals surface area (Å²) in [5.41, 5.74) is 1.20. The Balaban J connectivity index is 2.10. The van der Waals surface area contributed by atoms with Crippen LogP contribution in [0.25, 0.3) is 0 Å². The lowest BCUT2D eigenvalue weighted by Gasteiger charge is -2.03. The lowest BCUT2D eigenvalue weighted by Crippen LogP contribution is -1.96. The highest BCUT2D eigenvalue weighted by molar-refractivity contribution is 5.27. The van der Waals surface area contributed by atoms with E-state index in [1.807, 2.05) is 28.8 Å². The van der Waals surface area contributed by atoms with Crippen LogP contribution in [0.2, 0.25) is 0 Å². The predicted octanol–water partition coefficient (Wildman–Crippen LogP) is 1.33. The minimum Gasteiger partial charge on any atom is -0.497 e. The second kappa shape index (κ2) is 3.91. The molecule has 0 N–H and O–H groups in total. The molecule has 1 heterocycles. The number of aromatic nitrogens is 3. The van der Waals surface area contributed by atoms with E-state index in [0.717, 1.165) is 12.3 Å². The molecule has 4 nitrogen and oxygen atoms in total. The van der Waals surface area contributed by atoms with Crippen molar-refractivity contribution in [3.05, 3.63) is 42.5 Å². The Bertz CT molecular complexity index is 380. The fraction of sp³-hybridized carbons (Fsp3) is 0.200. The van der Waals surface area contributed by atoms with Crippen LogP contribution in [0.15, 0.2) is 36.9 Å². The van der Waals surface area contributed by atoms with E-state index < -0.39 is 0 Å². The van der Waals surface area contributed by atoms with Crippen LogP contribution in [0.4, 0.5) is 0 Å². The van der Waals surface area contributed by atoms with Gasteiger partial charge in [-0.1, -0.05) is 12.1 Å². The normalized spacial score (nSPS) is 10.1. The van der Waals surface area contributed by atoms with E-state index in [9.17, 15) is 0 Å². The van der Waals surface area contributed by atoms with Gasteiger partial charge in [-0.05, 0) is 17.7 Å². The van der Waals surface area contributed by atoms with E-state index in [4.69, 9.17) is 4.74 Å². The molecule has 1 aromatic carbocycles. The summed E-state index contributed by atoms with van der Waals surface area (Å²) < 4.78 is 6.99. The molecule has 0 bridgehead atoms. The van der Waals surface area contributed by atoms with Crippen molar-refractivity contribution in [3.8, 4) is 5.75 Å². The van der Waals surface area contributed by atoms with Gasteiger partial charge in [-0.2, -0.15) is 0 Å². The highest BCUT2D eigenvalue weighted by Gasteiger charge is 1.95. The lowest BCUT2D eigenvalue weighted by molar-refractivity contribution is 0.414. The summed E-state index contributed by atoms with van der Waals surface area (Å²) in [5.74, 6) is 0.873. The van der Waals surface area contributed by atoms with Gasteiger partial charge in [0.25, 0.3) is 0 Å². The second-order valence-corrected chi connectivity index (χ2v) is 2.98. The van der Waals surface area contributed by atoms with Gasteiger partial charge in [0.15, 0.2) is 0 Å². The average molecular weight is 189 g/mol. The van der Waals surface area contributed by atoms with Crippen LogP contribution in [-0.2, 0) is 6.54 Å². The summed E-state index contributed by atoms with van der Waals surface area (Å²) in [5, 5.41) is 7.48. The third-order valence-corrected chi connectivity index (χ3v) is 1.99. The number of benzene rings is 1. The van der Waals surface area contributed by atoms with Crippen molar-refractivity contribution in [2.45, 2.75) is 6.54 Å². The highest BCUT2D eigenvalue weighted by Crippen LogP contribution is 2.11. The maximum absolute atomic E-state index is 5.07. The van der Waals surface area contributed by atoms with Gasteiger partial charge >= 0.3 is 0 Å². The molecule has 0 aliphatic carbocycles. The molecule has 0 radical (unpaired) electrons. The summed E-state index contributed by atoms with van der Waals surface area (Å²) in [4.78, 5) is 0. The number of hydrogen-bond acceptors (Lipinski definition) is 3. The smallest absolute Gasteiger partial charge is 0.119 e. The number of rotatable bonds is 3. The number of ether oxygens (including phenoxy) is 1. The van der Waals surface area contributed by atoms with Gasteiger partial charge in [-0.3, -0.25) is 0 Å². The molecule has 0 spiro atoms. The molecule has 14 heavy (non-hydrogen) atoms. The molecule has 2 aromatic rings. The van der Waals surface area contributed by atoms with Crippen molar-refractivity contribution in [1.29, 1.82) is 0 Å². The summed E-state index contributed by atoms with van der Waals surface area (Å²) >= 11 is 0. The van der Waals surface area contributed by atoms with Crippen LogP contribution in [0.1, 0.15) is 5.56 Å². The molecule has 0 saturated heterocycles. The summed E-state index contributed by atoms with van der Waals surface area (Å²) in [6, 6.07) is 7.94. The first-order valence-corrected chi connectivity index (χ1v) is 4.34. The first-order valence-electron chi connectivity index (χ1n) is 4.34. The molecular weight excluding hydrogens is 178 g/mol. The van der Waals surface area contributed by atoms with Gasteiger partial charge in [-0.15, -0.1) is 10.2 Å². The van der Waals surface area contributed by atoms with Crippen molar-refractivity contribution in [3.63, 3.8) is 0 Å². The molecule has 4 heteroatoms. The van der Waals surface area contributed by atoms with E-state index in [2.05, 4.69) is 10.2 Å². The Kier molecular flexibility index (Phi) is 2.44. The molecule has 0 amide bonds. The summed E-state index contributed by atoms with van der Waals surface area (Å²) in [7, 11) is 1.66. The second-order valence-electron chi connectivity index (χ2n) is 2.98. The van der Waals surface area contributed by atoms with Gasteiger partial charge in [0, 0.05) is 6.54 Å². The minimum absolute atomic E-state index is 0.789. The largest absolute Gasteiger partial charge is 0.497 e. The molecule has 0 fully saturated rings. The van der Waals surface area contributed by atoms with Gasteiger partial charge < -0.3 is 9.30 Å². The van der Waals surface area contributed by atoms with Crippen LogP contribution in [-0.4, -0.2) is 21.9 Å². The van der Waals surface area contributed by atoms with Crippen molar-refractivity contribution >= 4 is 0 Å². The van der Waals surface area contributed by atoms with Crippen molar-refractivity contribution < 1.29 is 4.74 Å². The molecule has 72 valence electrons. The van der Waals surface area contributed by atoms with Crippen molar-refractivity contribution in [2.24, 2.45) is 0 Å². The lowest BCUT2D eigenvalue weighted by atomic mass is 10.2. The summed E-state index contributed by atoms with van der Waals surface area (Å²) in [6.07, 6.45) is 3.40. The van der Waals surface area contributed by atoms with Gasteiger partial charge in [0.2, 0.25) is 0 Å².